The Hall–Kier alpha value is -1.84. The third-order valence-electron chi connectivity index (χ3n) is 5.68. The number of benzene rings is 1. The lowest BCUT2D eigenvalue weighted by Gasteiger charge is -2.15. The number of aryl methyl sites for hydroxylation is 1. The zero-order valence-electron chi connectivity index (χ0n) is 18.5. The van der Waals surface area contributed by atoms with Crippen LogP contribution in [0.5, 0.6) is 0 Å². The highest BCUT2D eigenvalue weighted by molar-refractivity contribution is 6.03. The molecule has 0 aromatic heterocycles. The number of rotatable bonds is 17. The number of carboxylic acid groups (broad SMARTS) is 2. The van der Waals surface area contributed by atoms with Gasteiger partial charge in [0.1, 0.15) is 0 Å². The van der Waals surface area contributed by atoms with E-state index in [4.69, 9.17) is 0 Å². The largest absolute Gasteiger partial charge is 0.478 e. The van der Waals surface area contributed by atoms with Crippen molar-refractivity contribution in [3.63, 3.8) is 0 Å². The molecule has 164 valence electrons. The van der Waals surface area contributed by atoms with Gasteiger partial charge in [-0.25, -0.2) is 9.59 Å². The van der Waals surface area contributed by atoms with Gasteiger partial charge in [0.2, 0.25) is 0 Å². The number of unbranched alkanes of at least 4 members (excludes halogenated alkanes) is 11. The zero-order valence-corrected chi connectivity index (χ0v) is 18.5. The Labute approximate surface area is 176 Å². The highest BCUT2D eigenvalue weighted by Crippen LogP contribution is 2.25. The Morgan fingerprint density at radius 1 is 0.655 bits per heavy atom. The lowest BCUT2D eigenvalue weighted by atomic mass is 9.89. The molecule has 0 fully saturated rings. The van der Waals surface area contributed by atoms with Gasteiger partial charge < -0.3 is 10.2 Å². The van der Waals surface area contributed by atoms with Gasteiger partial charge in [0, 0.05) is 0 Å². The van der Waals surface area contributed by atoms with Gasteiger partial charge in [0.25, 0.3) is 0 Å². The molecule has 1 aromatic carbocycles. The van der Waals surface area contributed by atoms with Gasteiger partial charge in [-0.05, 0) is 42.9 Å². The molecule has 1 rings (SSSR count). The second-order valence-electron chi connectivity index (χ2n) is 8.13. The van der Waals surface area contributed by atoms with E-state index in [2.05, 4.69) is 13.8 Å². The van der Waals surface area contributed by atoms with E-state index >= 15 is 0 Å². The molecule has 0 bridgehead atoms. The van der Waals surface area contributed by atoms with Crippen molar-refractivity contribution < 1.29 is 19.8 Å². The molecule has 0 aliphatic carbocycles. The van der Waals surface area contributed by atoms with Crippen molar-refractivity contribution in [3.05, 3.63) is 34.4 Å². The van der Waals surface area contributed by atoms with Crippen molar-refractivity contribution in [2.45, 2.75) is 110 Å². The first-order valence-corrected chi connectivity index (χ1v) is 11.6. The molecule has 0 aliphatic rings. The average molecular weight is 405 g/mol. The Balaban J connectivity index is 2.70. The molecule has 0 spiro atoms. The second-order valence-corrected chi connectivity index (χ2v) is 8.13. The maximum atomic E-state index is 11.8. The van der Waals surface area contributed by atoms with Crippen LogP contribution in [0.3, 0.4) is 0 Å². The highest BCUT2D eigenvalue weighted by Gasteiger charge is 2.22. The predicted octanol–water partition coefficient (Wildman–Crippen LogP) is 7.28. The van der Waals surface area contributed by atoms with Gasteiger partial charge in [0.15, 0.2) is 0 Å². The van der Waals surface area contributed by atoms with Crippen molar-refractivity contribution >= 4 is 11.9 Å². The summed E-state index contributed by atoms with van der Waals surface area (Å²) in [6.45, 7) is 4.37. The lowest BCUT2D eigenvalue weighted by molar-refractivity contribution is 0.0650. The van der Waals surface area contributed by atoms with Gasteiger partial charge in [-0.1, -0.05) is 90.5 Å². The first-order chi connectivity index (χ1) is 14.0. The van der Waals surface area contributed by atoms with Crippen molar-refractivity contribution in [2.75, 3.05) is 0 Å². The number of carbonyl (C=O) groups is 2. The summed E-state index contributed by atoms with van der Waals surface area (Å²) in [6, 6.07) is 3.32. The summed E-state index contributed by atoms with van der Waals surface area (Å²) in [5.74, 6) is -2.28. The normalized spacial score (nSPS) is 11.0. The summed E-state index contributed by atoms with van der Waals surface area (Å²) in [4.78, 5) is 23.4. The van der Waals surface area contributed by atoms with Crippen LogP contribution in [-0.4, -0.2) is 22.2 Å². The van der Waals surface area contributed by atoms with Crippen molar-refractivity contribution in [1.82, 2.24) is 0 Å². The second kappa shape index (κ2) is 15.1. The molecular weight excluding hydrogens is 364 g/mol. The molecule has 0 unspecified atom stereocenters. The van der Waals surface area contributed by atoms with Crippen molar-refractivity contribution in [2.24, 2.45) is 0 Å². The van der Waals surface area contributed by atoms with E-state index < -0.39 is 11.9 Å². The highest BCUT2D eigenvalue weighted by atomic mass is 16.4. The van der Waals surface area contributed by atoms with Gasteiger partial charge in [0.05, 0.1) is 11.1 Å². The van der Waals surface area contributed by atoms with Crippen LogP contribution < -0.4 is 0 Å². The van der Waals surface area contributed by atoms with E-state index in [-0.39, 0.29) is 11.1 Å². The molecule has 0 aliphatic heterocycles. The van der Waals surface area contributed by atoms with E-state index in [0.29, 0.717) is 6.42 Å². The Kier molecular flexibility index (Phi) is 13.1. The lowest BCUT2D eigenvalue weighted by Crippen LogP contribution is -2.14. The van der Waals surface area contributed by atoms with Crippen LogP contribution in [0.25, 0.3) is 0 Å². The summed E-state index contributed by atoms with van der Waals surface area (Å²) < 4.78 is 0. The third-order valence-corrected chi connectivity index (χ3v) is 5.68. The number of carboxylic acids is 2. The van der Waals surface area contributed by atoms with Gasteiger partial charge in [-0.3, -0.25) is 0 Å². The fourth-order valence-electron chi connectivity index (χ4n) is 3.99. The fraction of sp³-hybridized carbons (Fsp3) is 0.680. The number of aromatic carboxylic acids is 2. The predicted molar refractivity (Wildman–Crippen MR) is 119 cm³/mol. The minimum Gasteiger partial charge on any atom is -0.478 e. The van der Waals surface area contributed by atoms with Crippen LogP contribution >= 0.6 is 0 Å². The van der Waals surface area contributed by atoms with E-state index in [1.807, 2.05) is 6.07 Å². The fourth-order valence-corrected chi connectivity index (χ4v) is 3.99. The minimum atomic E-state index is -1.16. The summed E-state index contributed by atoms with van der Waals surface area (Å²) in [7, 11) is 0. The average Bonchev–Trinajstić information content (AvgIpc) is 2.69. The zero-order chi connectivity index (χ0) is 21.5. The first kappa shape index (κ1) is 25.2. The molecule has 1 aromatic rings. The number of hydrogen-bond donors (Lipinski definition) is 2. The molecule has 29 heavy (non-hydrogen) atoms. The Morgan fingerprint density at radius 3 is 1.66 bits per heavy atom. The molecule has 0 saturated heterocycles. The van der Waals surface area contributed by atoms with Crippen molar-refractivity contribution in [1.29, 1.82) is 0 Å². The van der Waals surface area contributed by atoms with Gasteiger partial charge >= 0.3 is 11.9 Å². The quantitative estimate of drug-likeness (QED) is 0.267. The van der Waals surface area contributed by atoms with Crippen LogP contribution in [0.1, 0.15) is 129 Å². The molecule has 0 atom stereocenters. The third kappa shape index (κ3) is 9.47. The van der Waals surface area contributed by atoms with Crippen molar-refractivity contribution in [3.8, 4) is 0 Å². The molecule has 0 radical (unpaired) electrons. The minimum absolute atomic E-state index is 0.00224. The van der Waals surface area contributed by atoms with E-state index in [9.17, 15) is 19.8 Å². The molecule has 0 heterocycles. The summed E-state index contributed by atoms with van der Waals surface area (Å²) >= 11 is 0. The van der Waals surface area contributed by atoms with Crippen LogP contribution in [0.15, 0.2) is 12.1 Å². The summed E-state index contributed by atoms with van der Waals surface area (Å²) in [5, 5.41) is 19.1. The number of hydrogen-bond acceptors (Lipinski definition) is 2. The topological polar surface area (TPSA) is 74.6 Å². The van der Waals surface area contributed by atoms with Gasteiger partial charge in [-0.2, -0.15) is 0 Å². The van der Waals surface area contributed by atoms with E-state index in [1.54, 1.807) is 0 Å². The maximum Gasteiger partial charge on any atom is 0.336 e. The molecule has 0 saturated carbocycles. The summed E-state index contributed by atoms with van der Waals surface area (Å²) in [6.07, 6.45) is 16.9. The van der Waals surface area contributed by atoms with Crippen LogP contribution in [0, 0.1) is 0 Å². The van der Waals surface area contributed by atoms with Crippen LogP contribution in [0.4, 0.5) is 0 Å². The monoisotopic (exact) mass is 404 g/mol. The van der Waals surface area contributed by atoms with E-state index in [1.165, 1.54) is 51.0 Å². The van der Waals surface area contributed by atoms with Crippen LogP contribution in [0.2, 0.25) is 0 Å². The van der Waals surface area contributed by atoms with E-state index in [0.717, 1.165) is 56.1 Å². The molecule has 4 nitrogen and oxygen atoms in total. The van der Waals surface area contributed by atoms with Gasteiger partial charge in [-0.15, -0.1) is 0 Å². The van der Waals surface area contributed by atoms with Crippen LogP contribution in [-0.2, 0) is 12.8 Å². The molecule has 0 amide bonds. The molecule has 4 heteroatoms. The molecular formula is C25H40O4. The smallest absolute Gasteiger partial charge is 0.336 e. The Morgan fingerprint density at radius 2 is 1.14 bits per heavy atom. The SMILES string of the molecule is CCCCCCCCCCCc1ccc(C(=O)O)c(C(=O)O)c1CCCCCC. The standard InChI is InChI=1S/C25H40O4/c1-3-5-7-9-10-11-12-13-14-16-20-18-19-22(24(26)27)23(25(28)29)21(20)17-15-8-6-4-2/h18-19H,3-17H2,1-2H3,(H,26,27)(H,28,29). The maximum absolute atomic E-state index is 11.8. The first-order valence-electron chi connectivity index (χ1n) is 11.6. The Bertz CT molecular complexity index is 621. The summed E-state index contributed by atoms with van der Waals surface area (Å²) in [5.41, 5.74) is 1.68. The molecule has 2 N–H and O–H groups in total.